The van der Waals surface area contributed by atoms with Gasteiger partial charge in [-0.15, -0.1) is 0 Å². The fourth-order valence-electron chi connectivity index (χ4n) is 2.32. The van der Waals surface area contributed by atoms with E-state index in [0.29, 0.717) is 10.6 Å². The van der Waals surface area contributed by atoms with E-state index in [1.165, 1.54) is 6.92 Å². The molecule has 5 nitrogen and oxygen atoms in total. The molecule has 1 aromatic heterocycles. The summed E-state index contributed by atoms with van der Waals surface area (Å²) in [6.07, 6.45) is -0.955. The molecule has 0 unspecified atom stereocenters. The number of carbonyl (C=O) groups is 2. The molecule has 0 aliphatic carbocycles. The molecular formula is C19H16ClNO4. The molecule has 0 aliphatic rings. The Hall–Kier alpha value is -2.79. The fourth-order valence-corrected chi connectivity index (χ4v) is 2.53. The number of hydrogen-bond acceptors (Lipinski definition) is 4. The van der Waals surface area contributed by atoms with Gasteiger partial charge in [-0.3, -0.25) is 4.79 Å². The maximum atomic E-state index is 12.1. The first kappa shape index (κ1) is 17.0. The van der Waals surface area contributed by atoms with Gasteiger partial charge in [-0.05, 0) is 30.7 Å². The second-order valence-corrected chi connectivity index (χ2v) is 5.91. The summed E-state index contributed by atoms with van der Waals surface area (Å²) in [4.78, 5) is 24.2. The number of ether oxygens (including phenoxy) is 1. The highest BCUT2D eigenvalue weighted by molar-refractivity contribution is 6.31. The lowest BCUT2D eigenvalue weighted by Gasteiger charge is -2.13. The molecule has 0 spiro atoms. The average Bonchev–Trinajstić information content (AvgIpc) is 3.05. The zero-order valence-electron chi connectivity index (χ0n) is 13.5. The molecule has 0 fully saturated rings. The molecule has 128 valence electrons. The Labute approximate surface area is 149 Å². The van der Waals surface area contributed by atoms with Gasteiger partial charge in [0, 0.05) is 17.0 Å². The second-order valence-electron chi connectivity index (χ2n) is 5.51. The third kappa shape index (κ3) is 4.00. The molecule has 0 aliphatic heterocycles. The molecule has 25 heavy (non-hydrogen) atoms. The minimum atomic E-state index is -0.955. The second kappa shape index (κ2) is 7.40. The van der Waals surface area contributed by atoms with Crippen LogP contribution < -0.4 is 5.32 Å². The Morgan fingerprint density at radius 3 is 2.64 bits per heavy atom. The van der Waals surface area contributed by atoms with Gasteiger partial charge < -0.3 is 14.5 Å². The number of fused-ring (bicyclic) bond motifs is 1. The van der Waals surface area contributed by atoms with Crippen LogP contribution in [0.15, 0.2) is 59.0 Å². The topological polar surface area (TPSA) is 68.5 Å². The third-order valence-corrected chi connectivity index (χ3v) is 4.06. The monoisotopic (exact) mass is 357 g/mol. The van der Waals surface area contributed by atoms with E-state index in [2.05, 4.69) is 5.32 Å². The third-order valence-electron chi connectivity index (χ3n) is 3.69. The summed E-state index contributed by atoms with van der Waals surface area (Å²) in [7, 11) is 0. The van der Waals surface area contributed by atoms with Gasteiger partial charge in [0.15, 0.2) is 6.10 Å². The van der Waals surface area contributed by atoms with Crippen molar-refractivity contribution < 1.29 is 18.7 Å². The molecule has 6 heteroatoms. The summed E-state index contributed by atoms with van der Waals surface area (Å²) < 4.78 is 10.6. The van der Waals surface area contributed by atoms with E-state index in [0.717, 1.165) is 10.9 Å². The summed E-state index contributed by atoms with van der Waals surface area (Å²) in [5, 5.41) is 4.05. The van der Waals surface area contributed by atoms with Crippen LogP contribution in [-0.2, 0) is 16.1 Å². The SMILES string of the molecule is C[C@H](OC(=O)c1cc2ccccc2o1)C(=O)NCc1ccccc1Cl. The van der Waals surface area contributed by atoms with Crippen LogP contribution in [0.2, 0.25) is 5.02 Å². The summed E-state index contributed by atoms with van der Waals surface area (Å²) in [6.45, 7) is 1.76. The zero-order chi connectivity index (χ0) is 17.8. The quantitative estimate of drug-likeness (QED) is 0.702. The van der Waals surface area contributed by atoms with Gasteiger partial charge in [0.1, 0.15) is 5.58 Å². The van der Waals surface area contributed by atoms with Crippen molar-refractivity contribution in [3.8, 4) is 0 Å². The molecule has 0 saturated heterocycles. The van der Waals surface area contributed by atoms with Crippen molar-refractivity contribution in [3.05, 3.63) is 70.9 Å². The highest BCUT2D eigenvalue weighted by Gasteiger charge is 2.21. The molecule has 2 aromatic carbocycles. The molecule has 0 bridgehead atoms. The predicted octanol–water partition coefficient (Wildman–Crippen LogP) is 3.95. The molecule has 1 atom stereocenters. The number of halogens is 1. The summed E-state index contributed by atoms with van der Waals surface area (Å²) in [6, 6.07) is 16.0. The van der Waals surface area contributed by atoms with Crippen LogP contribution in [0.25, 0.3) is 11.0 Å². The highest BCUT2D eigenvalue weighted by atomic mass is 35.5. The van der Waals surface area contributed by atoms with Crippen molar-refractivity contribution in [3.63, 3.8) is 0 Å². The Kier molecular flexibility index (Phi) is 5.05. The number of furan rings is 1. The van der Waals surface area contributed by atoms with Crippen molar-refractivity contribution >= 4 is 34.4 Å². The number of benzene rings is 2. The van der Waals surface area contributed by atoms with E-state index < -0.39 is 18.0 Å². The summed E-state index contributed by atoms with van der Waals surface area (Å²) in [5.74, 6) is -1.03. The van der Waals surface area contributed by atoms with Crippen LogP contribution in [0.1, 0.15) is 23.0 Å². The molecule has 3 rings (SSSR count). The van der Waals surface area contributed by atoms with Gasteiger partial charge in [-0.1, -0.05) is 48.0 Å². The first-order chi connectivity index (χ1) is 12.0. The van der Waals surface area contributed by atoms with Crippen LogP contribution in [-0.4, -0.2) is 18.0 Å². The molecule has 3 aromatic rings. The molecule has 0 radical (unpaired) electrons. The Bertz CT molecular complexity index is 885. The lowest BCUT2D eigenvalue weighted by molar-refractivity contribution is -0.129. The van der Waals surface area contributed by atoms with Gasteiger partial charge in [0.25, 0.3) is 5.91 Å². The fraction of sp³-hybridized carbons (Fsp3) is 0.158. The largest absolute Gasteiger partial charge is 0.449 e. The predicted molar refractivity (Wildman–Crippen MR) is 94.4 cm³/mol. The minimum absolute atomic E-state index is 0.0620. The number of hydrogen-bond donors (Lipinski definition) is 1. The van der Waals surface area contributed by atoms with E-state index in [-0.39, 0.29) is 12.3 Å². The van der Waals surface area contributed by atoms with Gasteiger partial charge >= 0.3 is 5.97 Å². The maximum Gasteiger partial charge on any atom is 0.375 e. The van der Waals surface area contributed by atoms with Crippen LogP contribution in [0, 0.1) is 0 Å². The van der Waals surface area contributed by atoms with Gasteiger partial charge in [0.2, 0.25) is 5.76 Å². The van der Waals surface area contributed by atoms with Crippen molar-refractivity contribution in [1.29, 1.82) is 0 Å². The molecule has 1 N–H and O–H groups in total. The Morgan fingerprint density at radius 1 is 1.16 bits per heavy atom. The molecule has 1 amide bonds. The van der Waals surface area contributed by atoms with E-state index in [4.69, 9.17) is 20.8 Å². The Morgan fingerprint density at radius 2 is 1.88 bits per heavy atom. The van der Waals surface area contributed by atoms with E-state index >= 15 is 0 Å². The summed E-state index contributed by atoms with van der Waals surface area (Å²) in [5.41, 5.74) is 1.37. The van der Waals surface area contributed by atoms with Gasteiger partial charge in [-0.25, -0.2) is 4.79 Å². The number of amides is 1. The molecular weight excluding hydrogens is 342 g/mol. The van der Waals surface area contributed by atoms with Crippen LogP contribution in [0.4, 0.5) is 0 Å². The van der Waals surface area contributed by atoms with E-state index in [1.807, 2.05) is 36.4 Å². The lowest BCUT2D eigenvalue weighted by Crippen LogP contribution is -2.35. The highest BCUT2D eigenvalue weighted by Crippen LogP contribution is 2.20. The number of carbonyl (C=O) groups excluding carboxylic acids is 2. The molecule has 0 saturated carbocycles. The lowest BCUT2D eigenvalue weighted by atomic mass is 10.2. The van der Waals surface area contributed by atoms with Crippen LogP contribution in [0.5, 0.6) is 0 Å². The van der Waals surface area contributed by atoms with Crippen LogP contribution in [0.3, 0.4) is 0 Å². The first-order valence-corrected chi connectivity index (χ1v) is 8.13. The van der Waals surface area contributed by atoms with Gasteiger partial charge in [0.05, 0.1) is 0 Å². The zero-order valence-corrected chi connectivity index (χ0v) is 14.2. The number of esters is 1. The van der Waals surface area contributed by atoms with E-state index in [1.54, 1.807) is 18.2 Å². The van der Waals surface area contributed by atoms with Crippen LogP contribution >= 0.6 is 11.6 Å². The van der Waals surface area contributed by atoms with Crippen molar-refractivity contribution in [2.45, 2.75) is 19.6 Å². The minimum Gasteiger partial charge on any atom is -0.449 e. The number of para-hydroxylation sites is 1. The Balaban J connectivity index is 1.59. The standard InChI is InChI=1S/C19H16ClNO4/c1-12(18(22)21-11-14-7-2-4-8-15(14)20)24-19(23)17-10-13-6-3-5-9-16(13)25-17/h2-10,12H,11H2,1H3,(H,21,22)/t12-/m0/s1. The number of nitrogens with one attached hydrogen (secondary N) is 1. The molecule has 1 heterocycles. The van der Waals surface area contributed by atoms with Crippen molar-refractivity contribution in [1.82, 2.24) is 5.32 Å². The van der Waals surface area contributed by atoms with E-state index in [9.17, 15) is 9.59 Å². The van der Waals surface area contributed by atoms with Gasteiger partial charge in [-0.2, -0.15) is 0 Å². The smallest absolute Gasteiger partial charge is 0.375 e. The van der Waals surface area contributed by atoms with Crippen molar-refractivity contribution in [2.75, 3.05) is 0 Å². The first-order valence-electron chi connectivity index (χ1n) is 7.75. The number of rotatable bonds is 5. The normalized spacial score (nSPS) is 11.9. The maximum absolute atomic E-state index is 12.1. The average molecular weight is 358 g/mol. The van der Waals surface area contributed by atoms with Crippen molar-refractivity contribution in [2.24, 2.45) is 0 Å². The summed E-state index contributed by atoms with van der Waals surface area (Å²) >= 11 is 6.04.